The van der Waals surface area contributed by atoms with Crippen molar-refractivity contribution in [3.05, 3.63) is 11.6 Å². The maximum absolute atomic E-state index is 14.6. The normalized spacial score (nSPS) is 54.4. The Kier molecular flexibility index (Phi) is 11.6. The molecule has 2 heterocycles. The van der Waals surface area contributed by atoms with Crippen molar-refractivity contribution in [2.24, 2.45) is 50.2 Å². The van der Waals surface area contributed by atoms with Gasteiger partial charge in [0, 0.05) is 5.92 Å². The van der Waals surface area contributed by atoms with Gasteiger partial charge in [0.05, 0.1) is 36.3 Å². The second-order valence-electron chi connectivity index (χ2n) is 20.6. The number of hydrogen-bond donors (Lipinski definition) is 11. The fraction of sp³-hybridized carbons (Fsp3) is 0.905. The second kappa shape index (κ2) is 15.2. The molecule has 7 aliphatic rings. The SMILES string of the molecule is CC1(C)CCC2(C(=O)OC3OC(CO)C(O)C(O)C3O)CCC3(C)C(=CCC4C5(C)CC(O)C(OC6OC(CO)C(O)C(O)C6O)C(C)(C(=O)O)C5CCC43C)C2C1O. The first-order chi connectivity index (χ1) is 27.4. The van der Waals surface area contributed by atoms with E-state index in [0.29, 0.717) is 44.9 Å². The number of aliphatic carboxylic acids is 1. The van der Waals surface area contributed by atoms with Gasteiger partial charge in [0.1, 0.15) is 54.9 Å². The number of fused-ring (bicyclic) bond motifs is 7. The number of hydrogen-bond acceptors (Lipinski definition) is 16. The van der Waals surface area contributed by atoms with Crippen LogP contribution in [-0.2, 0) is 28.5 Å². The first kappa shape index (κ1) is 45.2. The van der Waals surface area contributed by atoms with Crippen LogP contribution < -0.4 is 0 Å². The van der Waals surface area contributed by atoms with Crippen molar-refractivity contribution in [2.45, 2.75) is 173 Å². The van der Waals surface area contributed by atoms with E-state index in [2.05, 4.69) is 19.9 Å². The highest BCUT2D eigenvalue weighted by Crippen LogP contribution is 2.76. The van der Waals surface area contributed by atoms with Crippen LogP contribution in [0.4, 0.5) is 0 Å². The largest absolute Gasteiger partial charge is 0.481 e. The van der Waals surface area contributed by atoms with Crippen LogP contribution in [0, 0.1) is 50.2 Å². The Labute approximate surface area is 343 Å². The zero-order chi connectivity index (χ0) is 43.6. The van der Waals surface area contributed by atoms with E-state index >= 15 is 0 Å². The summed E-state index contributed by atoms with van der Waals surface area (Å²) in [5, 5.41) is 118. The molecule has 0 spiro atoms. The number of ether oxygens (including phenoxy) is 4. The van der Waals surface area contributed by atoms with E-state index in [9.17, 15) is 65.8 Å². The molecule has 2 saturated heterocycles. The van der Waals surface area contributed by atoms with Gasteiger partial charge in [-0.3, -0.25) is 9.59 Å². The second-order valence-corrected chi connectivity index (χ2v) is 20.6. The third kappa shape index (κ3) is 6.34. The van der Waals surface area contributed by atoms with Crippen LogP contribution in [0.2, 0.25) is 0 Å². The number of rotatable bonds is 7. The van der Waals surface area contributed by atoms with Crippen LogP contribution in [0.15, 0.2) is 11.6 Å². The Morgan fingerprint density at radius 1 is 0.729 bits per heavy atom. The summed E-state index contributed by atoms with van der Waals surface area (Å²) in [6, 6.07) is 0. The van der Waals surface area contributed by atoms with Gasteiger partial charge in [-0.25, -0.2) is 0 Å². The van der Waals surface area contributed by atoms with Crippen LogP contribution >= 0.6 is 0 Å². The maximum Gasteiger partial charge on any atom is 0.315 e. The predicted octanol–water partition coefficient (Wildman–Crippen LogP) is -0.677. The highest BCUT2D eigenvalue weighted by molar-refractivity contribution is 5.79. The molecule has 0 amide bonds. The van der Waals surface area contributed by atoms with Crippen LogP contribution in [0.5, 0.6) is 0 Å². The molecule has 0 aromatic carbocycles. The van der Waals surface area contributed by atoms with E-state index in [-0.39, 0.29) is 12.3 Å². The third-order valence-electron chi connectivity index (χ3n) is 17.5. The molecule has 0 aromatic rings. The lowest BCUT2D eigenvalue weighted by atomic mass is 9.33. The Bertz CT molecular complexity index is 1650. The Morgan fingerprint density at radius 3 is 1.86 bits per heavy atom. The molecule has 336 valence electrons. The molecule has 2 aliphatic heterocycles. The summed E-state index contributed by atoms with van der Waals surface area (Å²) in [5.41, 5.74) is -4.62. The first-order valence-electron chi connectivity index (χ1n) is 21.2. The topological polar surface area (TPSA) is 294 Å². The van der Waals surface area contributed by atoms with Gasteiger partial charge in [0.25, 0.3) is 0 Å². The molecule has 11 N–H and O–H groups in total. The van der Waals surface area contributed by atoms with E-state index in [4.69, 9.17) is 18.9 Å². The highest BCUT2D eigenvalue weighted by atomic mass is 16.7. The van der Waals surface area contributed by atoms with Crippen molar-refractivity contribution < 1.29 is 84.7 Å². The lowest BCUT2D eigenvalue weighted by molar-refractivity contribution is -0.340. The van der Waals surface area contributed by atoms with E-state index in [1.165, 1.54) is 6.92 Å². The molecule has 21 unspecified atom stereocenters. The summed E-state index contributed by atoms with van der Waals surface area (Å²) in [6.07, 6.45) is -14.8. The maximum atomic E-state index is 14.6. The summed E-state index contributed by atoms with van der Waals surface area (Å²) < 4.78 is 23.2. The summed E-state index contributed by atoms with van der Waals surface area (Å²) >= 11 is 0. The predicted molar refractivity (Wildman–Crippen MR) is 202 cm³/mol. The molecule has 7 rings (SSSR count). The minimum absolute atomic E-state index is 0.122. The van der Waals surface area contributed by atoms with Crippen molar-refractivity contribution >= 4 is 11.9 Å². The number of carboxylic acids is 1. The van der Waals surface area contributed by atoms with Crippen molar-refractivity contribution in [1.82, 2.24) is 0 Å². The molecule has 17 heteroatoms. The molecule has 0 radical (unpaired) electrons. The smallest absolute Gasteiger partial charge is 0.315 e. The lowest BCUT2D eigenvalue weighted by Crippen LogP contribution is -2.71. The quantitative estimate of drug-likeness (QED) is 0.0860. The average molecular weight is 843 g/mol. The average Bonchev–Trinajstić information content (AvgIpc) is 3.17. The molecule has 17 nitrogen and oxygen atoms in total. The standard InChI is InChI=1S/C42H66O17/c1-37(2)11-13-42(36(55)59-34-30(51)28(49)26(47)21(17-44)57-34)14-12-39(4)18(24(42)31(37)52)7-8-22-38(3)15-19(45)32(41(6,35(53)54)23(38)9-10-40(22,39)5)58-33-29(50)27(48)25(46)20(16-43)56-33/h7,19-34,43-52H,8-17H2,1-6H3,(H,53,54). The zero-order valence-corrected chi connectivity index (χ0v) is 34.8. The van der Waals surface area contributed by atoms with E-state index in [1.807, 2.05) is 20.8 Å². The molecular formula is C42H66O17. The van der Waals surface area contributed by atoms with Gasteiger partial charge in [-0.05, 0) is 91.8 Å². The lowest BCUT2D eigenvalue weighted by Gasteiger charge is -2.71. The molecule has 0 bridgehead atoms. The Morgan fingerprint density at radius 2 is 1.29 bits per heavy atom. The molecule has 0 aromatic heterocycles. The van der Waals surface area contributed by atoms with Gasteiger partial charge in [0.15, 0.2) is 6.29 Å². The van der Waals surface area contributed by atoms with Crippen molar-refractivity contribution in [1.29, 1.82) is 0 Å². The van der Waals surface area contributed by atoms with Crippen LogP contribution in [0.1, 0.15) is 92.9 Å². The molecule has 5 aliphatic carbocycles. The number of aliphatic hydroxyl groups is 10. The number of carboxylic acid groups (broad SMARTS) is 1. The number of allylic oxidation sites excluding steroid dienone is 1. The summed E-state index contributed by atoms with van der Waals surface area (Å²) in [6.45, 7) is 10.4. The molecule has 4 saturated carbocycles. The minimum atomic E-state index is -1.80. The van der Waals surface area contributed by atoms with E-state index < -0.39 is 149 Å². The van der Waals surface area contributed by atoms with Crippen molar-refractivity contribution in [2.75, 3.05) is 13.2 Å². The van der Waals surface area contributed by atoms with Gasteiger partial charge < -0.3 is 75.1 Å². The van der Waals surface area contributed by atoms with Gasteiger partial charge in [-0.1, -0.05) is 46.3 Å². The Hall–Kier alpha value is -1.84. The van der Waals surface area contributed by atoms with Crippen LogP contribution in [-0.4, -0.2) is 161 Å². The van der Waals surface area contributed by atoms with E-state index in [0.717, 1.165) is 5.57 Å². The van der Waals surface area contributed by atoms with Crippen molar-refractivity contribution in [3.63, 3.8) is 0 Å². The zero-order valence-electron chi connectivity index (χ0n) is 34.8. The fourth-order valence-electron chi connectivity index (χ4n) is 13.6. The molecule has 6 fully saturated rings. The highest BCUT2D eigenvalue weighted by Gasteiger charge is 2.73. The molecule has 21 atom stereocenters. The third-order valence-corrected chi connectivity index (χ3v) is 17.5. The Balaban J connectivity index is 1.23. The van der Waals surface area contributed by atoms with E-state index in [1.54, 1.807) is 0 Å². The summed E-state index contributed by atoms with van der Waals surface area (Å²) in [4.78, 5) is 28.1. The summed E-state index contributed by atoms with van der Waals surface area (Å²) in [5.74, 6) is -3.41. The minimum Gasteiger partial charge on any atom is -0.481 e. The van der Waals surface area contributed by atoms with Crippen LogP contribution in [0.25, 0.3) is 0 Å². The molecule has 59 heavy (non-hydrogen) atoms. The van der Waals surface area contributed by atoms with Crippen molar-refractivity contribution in [3.8, 4) is 0 Å². The number of aliphatic hydroxyl groups excluding tert-OH is 10. The van der Waals surface area contributed by atoms with Gasteiger partial charge in [-0.15, -0.1) is 0 Å². The number of carbonyl (C=O) groups is 2. The first-order valence-corrected chi connectivity index (χ1v) is 21.2. The van der Waals surface area contributed by atoms with Gasteiger partial charge >= 0.3 is 11.9 Å². The number of esters is 1. The fourth-order valence-corrected chi connectivity index (χ4v) is 13.6. The summed E-state index contributed by atoms with van der Waals surface area (Å²) in [7, 11) is 0. The van der Waals surface area contributed by atoms with Gasteiger partial charge in [-0.2, -0.15) is 0 Å². The molecular weight excluding hydrogens is 776 g/mol. The monoisotopic (exact) mass is 842 g/mol. The van der Waals surface area contributed by atoms with Gasteiger partial charge in [0.2, 0.25) is 6.29 Å². The number of carbonyl (C=O) groups excluding carboxylic acids is 1. The van der Waals surface area contributed by atoms with Crippen LogP contribution in [0.3, 0.4) is 0 Å².